The monoisotopic (exact) mass is 324 g/mol. The first kappa shape index (κ1) is 19.1. The van der Waals surface area contributed by atoms with Crippen LogP contribution in [0, 0.1) is 17.7 Å². The Morgan fingerprint density at radius 3 is 2.22 bits per heavy atom. The molecule has 0 saturated carbocycles. The Balaban J connectivity index is 3.27. The molecule has 126 valence electrons. The highest BCUT2D eigenvalue weighted by Crippen LogP contribution is 2.17. The summed E-state index contributed by atoms with van der Waals surface area (Å²) in [5.41, 5.74) is 0.279. The van der Waals surface area contributed by atoms with Crippen molar-refractivity contribution >= 4 is 5.97 Å². The predicted molar refractivity (Wildman–Crippen MR) is 82.2 cm³/mol. The van der Waals surface area contributed by atoms with Crippen molar-refractivity contribution in [2.24, 2.45) is 0 Å². The summed E-state index contributed by atoms with van der Waals surface area (Å²) in [5, 5.41) is 8.92. The normalized spacial score (nSPS) is 11.0. The highest BCUT2D eigenvalue weighted by Gasteiger charge is 2.30. The largest absolute Gasteiger partial charge is 0.481 e. The van der Waals surface area contributed by atoms with E-state index in [1.165, 1.54) is 18.2 Å². The van der Waals surface area contributed by atoms with Gasteiger partial charge < -0.3 is 19.3 Å². The summed E-state index contributed by atoms with van der Waals surface area (Å²) in [4.78, 5) is 10.9. The highest BCUT2D eigenvalue weighted by atomic mass is 19.1. The number of hydrogen-bond donors (Lipinski definition) is 1. The lowest BCUT2D eigenvalue weighted by Crippen LogP contribution is -2.38. The molecule has 1 aromatic rings. The van der Waals surface area contributed by atoms with Crippen molar-refractivity contribution in [1.82, 2.24) is 0 Å². The van der Waals surface area contributed by atoms with Crippen LogP contribution in [0.1, 0.15) is 31.9 Å². The number of rotatable bonds is 8. The van der Waals surface area contributed by atoms with Crippen LogP contribution in [-0.4, -0.2) is 36.9 Å². The van der Waals surface area contributed by atoms with Gasteiger partial charge in [-0.1, -0.05) is 18.1 Å². The van der Waals surface area contributed by atoms with Crippen molar-refractivity contribution in [2.75, 3.05) is 19.8 Å². The van der Waals surface area contributed by atoms with Crippen LogP contribution in [0.5, 0.6) is 0 Å². The Labute approximate surface area is 135 Å². The fraction of sp³-hybridized carbons (Fsp3) is 0.471. The molecule has 6 heteroatoms. The van der Waals surface area contributed by atoms with Crippen LogP contribution in [0.3, 0.4) is 0 Å². The lowest BCUT2D eigenvalue weighted by molar-refractivity contribution is -0.339. The molecule has 0 fully saturated rings. The molecule has 0 atom stereocenters. The van der Waals surface area contributed by atoms with E-state index in [-0.39, 0.29) is 37.4 Å². The number of carbonyl (C=O) groups is 1. The average molecular weight is 324 g/mol. The first-order chi connectivity index (χ1) is 11.0. The first-order valence-corrected chi connectivity index (χ1v) is 7.42. The standard InChI is InChI=1S/C17H21FO5/c1-4-21-17(22-5-2,23-6-3)11-10-14-13(12-16(19)20)8-7-9-15(14)18/h7-9H,4-6,12H2,1-3H3,(H,19,20). The van der Waals surface area contributed by atoms with Gasteiger partial charge in [0.15, 0.2) is 0 Å². The lowest BCUT2D eigenvalue weighted by Gasteiger charge is -2.26. The van der Waals surface area contributed by atoms with Gasteiger partial charge in [-0.15, -0.1) is 0 Å². The van der Waals surface area contributed by atoms with Crippen molar-refractivity contribution < 1.29 is 28.5 Å². The molecule has 1 N–H and O–H groups in total. The number of hydrogen-bond acceptors (Lipinski definition) is 4. The summed E-state index contributed by atoms with van der Waals surface area (Å²) in [6.45, 7) is 6.13. The summed E-state index contributed by atoms with van der Waals surface area (Å²) in [6, 6.07) is 4.18. The molecule has 0 aliphatic heterocycles. The summed E-state index contributed by atoms with van der Waals surface area (Å²) in [6.07, 6.45) is -0.327. The van der Waals surface area contributed by atoms with Gasteiger partial charge in [-0.25, -0.2) is 4.39 Å². The molecule has 0 aromatic heterocycles. The molecule has 23 heavy (non-hydrogen) atoms. The van der Waals surface area contributed by atoms with E-state index in [1.807, 2.05) is 0 Å². The summed E-state index contributed by atoms with van der Waals surface area (Å²) >= 11 is 0. The van der Waals surface area contributed by atoms with E-state index in [0.717, 1.165) is 0 Å². The van der Waals surface area contributed by atoms with Gasteiger partial charge in [0.05, 0.1) is 31.8 Å². The van der Waals surface area contributed by atoms with Crippen molar-refractivity contribution in [3.05, 3.63) is 35.1 Å². The minimum Gasteiger partial charge on any atom is -0.481 e. The molecule has 1 rings (SSSR count). The fourth-order valence-corrected chi connectivity index (χ4v) is 1.96. The third-order valence-corrected chi connectivity index (χ3v) is 2.79. The minimum absolute atomic E-state index is 0.00150. The second kappa shape index (κ2) is 9.26. The van der Waals surface area contributed by atoms with Gasteiger partial charge in [-0.2, -0.15) is 0 Å². The number of ether oxygens (including phenoxy) is 3. The Morgan fingerprint density at radius 1 is 1.17 bits per heavy atom. The predicted octanol–water partition coefficient (Wildman–Crippen LogP) is 2.57. The quantitative estimate of drug-likeness (QED) is 0.588. The molecule has 0 spiro atoms. The summed E-state index contributed by atoms with van der Waals surface area (Å²) in [7, 11) is 0. The second-order valence-corrected chi connectivity index (χ2v) is 4.45. The molecule has 0 aliphatic carbocycles. The fourth-order valence-electron chi connectivity index (χ4n) is 1.96. The topological polar surface area (TPSA) is 65.0 Å². The third kappa shape index (κ3) is 5.64. The first-order valence-electron chi connectivity index (χ1n) is 7.42. The average Bonchev–Trinajstić information content (AvgIpc) is 2.47. The molecule has 0 saturated heterocycles. The van der Waals surface area contributed by atoms with Gasteiger partial charge in [0, 0.05) is 0 Å². The van der Waals surface area contributed by atoms with Crippen molar-refractivity contribution in [3.8, 4) is 11.8 Å². The Bertz CT molecular complexity index is 571. The zero-order valence-corrected chi connectivity index (χ0v) is 13.5. The maximum atomic E-state index is 14.0. The van der Waals surface area contributed by atoms with Crippen LogP contribution >= 0.6 is 0 Å². The number of carboxylic acids is 1. The molecule has 0 radical (unpaired) electrons. The Morgan fingerprint density at radius 2 is 1.74 bits per heavy atom. The van der Waals surface area contributed by atoms with E-state index in [1.54, 1.807) is 20.8 Å². The van der Waals surface area contributed by atoms with Gasteiger partial charge in [-0.05, 0) is 38.3 Å². The van der Waals surface area contributed by atoms with E-state index in [0.29, 0.717) is 0 Å². The molecule has 5 nitrogen and oxygen atoms in total. The van der Waals surface area contributed by atoms with Crippen LogP contribution in [0.15, 0.2) is 18.2 Å². The lowest BCUT2D eigenvalue weighted by atomic mass is 10.0. The highest BCUT2D eigenvalue weighted by molar-refractivity contribution is 5.71. The molecular weight excluding hydrogens is 303 g/mol. The van der Waals surface area contributed by atoms with Crippen LogP contribution in [-0.2, 0) is 25.4 Å². The van der Waals surface area contributed by atoms with Gasteiger partial charge in [0.1, 0.15) is 5.82 Å². The molecule has 0 unspecified atom stereocenters. The minimum atomic E-state index is -1.60. The number of benzene rings is 1. The molecule has 0 bridgehead atoms. The Hall–Kier alpha value is -1.94. The molecule has 0 heterocycles. The van der Waals surface area contributed by atoms with E-state index < -0.39 is 17.8 Å². The number of carboxylic acid groups (broad SMARTS) is 1. The zero-order chi connectivity index (χ0) is 17.3. The SMILES string of the molecule is CCOC(C#Cc1c(F)cccc1CC(=O)O)(OCC)OCC. The van der Waals surface area contributed by atoms with Crippen molar-refractivity contribution in [1.29, 1.82) is 0 Å². The second-order valence-electron chi connectivity index (χ2n) is 4.45. The van der Waals surface area contributed by atoms with Crippen LogP contribution < -0.4 is 0 Å². The van der Waals surface area contributed by atoms with E-state index in [9.17, 15) is 9.18 Å². The Kier molecular flexibility index (Phi) is 7.69. The molecule has 0 amide bonds. The van der Waals surface area contributed by atoms with Crippen LogP contribution in [0.2, 0.25) is 0 Å². The van der Waals surface area contributed by atoms with Crippen molar-refractivity contribution in [2.45, 2.75) is 33.2 Å². The molecular formula is C17H21FO5. The van der Waals surface area contributed by atoms with E-state index in [2.05, 4.69) is 11.8 Å². The van der Waals surface area contributed by atoms with E-state index in [4.69, 9.17) is 19.3 Å². The smallest absolute Gasteiger partial charge is 0.353 e. The molecule has 1 aromatic carbocycles. The van der Waals surface area contributed by atoms with Gasteiger partial charge in [0.2, 0.25) is 0 Å². The third-order valence-electron chi connectivity index (χ3n) is 2.79. The summed E-state index contributed by atoms with van der Waals surface area (Å²) in [5.74, 6) is 2.01. The van der Waals surface area contributed by atoms with Gasteiger partial charge in [-0.3, -0.25) is 4.79 Å². The maximum Gasteiger partial charge on any atom is 0.353 e. The van der Waals surface area contributed by atoms with Crippen molar-refractivity contribution in [3.63, 3.8) is 0 Å². The van der Waals surface area contributed by atoms with Crippen LogP contribution in [0.4, 0.5) is 4.39 Å². The molecule has 0 aliphatic rings. The zero-order valence-electron chi connectivity index (χ0n) is 13.5. The van der Waals surface area contributed by atoms with E-state index >= 15 is 0 Å². The maximum absolute atomic E-state index is 14.0. The number of halogens is 1. The van der Waals surface area contributed by atoms with Crippen LogP contribution in [0.25, 0.3) is 0 Å². The summed E-state index contributed by atoms with van der Waals surface area (Å²) < 4.78 is 30.3. The number of aliphatic carboxylic acids is 1. The van der Waals surface area contributed by atoms with Gasteiger partial charge >= 0.3 is 11.9 Å². The van der Waals surface area contributed by atoms with Gasteiger partial charge in [0.25, 0.3) is 0 Å².